The molecule has 1 aromatic carbocycles. The van der Waals surface area contributed by atoms with Gasteiger partial charge in [-0.2, -0.15) is 0 Å². The fraction of sp³-hybridized carbons (Fsp3) is 0.435. The molecule has 0 aliphatic heterocycles. The topological polar surface area (TPSA) is 76.2 Å². The Labute approximate surface area is 169 Å². The van der Waals surface area contributed by atoms with Crippen molar-refractivity contribution >= 4 is 17.5 Å². The van der Waals surface area contributed by atoms with Gasteiger partial charge in [0.05, 0.1) is 11.1 Å². The highest BCUT2D eigenvalue weighted by atomic mass is 19.1. The van der Waals surface area contributed by atoms with Gasteiger partial charge in [0.25, 0.3) is 0 Å². The third-order valence-corrected chi connectivity index (χ3v) is 5.93. The van der Waals surface area contributed by atoms with E-state index in [1.165, 1.54) is 26.0 Å². The van der Waals surface area contributed by atoms with Gasteiger partial charge in [-0.25, -0.2) is 4.39 Å². The van der Waals surface area contributed by atoms with E-state index in [1.54, 1.807) is 26.0 Å². The van der Waals surface area contributed by atoms with E-state index < -0.39 is 17.5 Å². The molecular weight excluding hydrogens is 373 g/mol. The highest BCUT2D eigenvalue weighted by Gasteiger charge is 2.45. The van der Waals surface area contributed by atoms with Crippen LogP contribution in [0, 0.1) is 19.7 Å². The molecule has 1 saturated carbocycles. The minimum absolute atomic E-state index is 0.124. The highest BCUT2D eigenvalue weighted by molar-refractivity contribution is 6.05. The van der Waals surface area contributed by atoms with Gasteiger partial charge in [-0.15, -0.1) is 0 Å². The van der Waals surface area contributed by atoms with Crippen LogP contribution in [0.25, 0.3) is 0 Å². The number of nitrogens with one attached hydrogen (secondary N) is 1. The molecule has 1 aliphatic carbocycles. The van der Waals surface area contributed by atoms with Gasteiger partial charge in [-0.3, -0.25) is 14.4 Å². The third-order valence-electron chi connectivity index (χ3n) is 5.93. The number of aromatic amines is 1. The number of ether oxygens (including phenoxy) is 1. The van der Waals surface area contributed by atoms with Crippen molar-refractivity contribution in [2.75, 3.05) is 0 Å². The van der Waals surface area contributed by atoms with E-state index >= 15 is 0 Å². The Balaban J connectivity index is 1.84. The van der Waals surface area contributed by atoms with E-state index in [9.17, 15) is 18.8 Å². The van der Waals surface area contributed by atoms with E-state index in [-0.39, 0.29) is 23.1 Å². The SMILES string of the molecule is CC(=O)c1c(C)[nH]c(C(=O)[C@@H](C)OC(=O)C2(c3ccc(F)cc3)CCCC2)c1C. The molecule has 2 aromatic rings. The van der Waals surface area contributed by atoms with Crippen molar-refractivity contribution in [2.45, 2.75) is 64.9 Å². The third kappa shape index (κ3) is 3.76. The molecule has 0 spiro atoms. The minimum atomic E-state index is -1.00. The molecule has 1 atom stereocenters. The number of H-pyrrole nitrogens is 1. The van der Waals surface area contributed by atoms with Gasteiger partial charge in [0.2, 0.25) is 5.78 Å². The summed E-state index contributed by atoms with van der Waals surface area (Å²) in [5, 5.41) is 0. The number of aromatic nitrogens is 1. The maximum Gasteiger partial charge on any atom is 0.317 e. The molecule has 6 heteroatoms. The van der Waals surface area contributed by atoms with Crippen LogP contribution in [0.5, 0.6) is 0 Å². The number of Topliss-reactive ketones (excluding diaryl/α,β-unsaturated/α-hetero) is 2. The summed E-state index contributed by atoms with van der Waals surface area (Å²) in [5.74, 6) is -1.33. The lowest BCUT2D eigenvalue weighted by molar-refractivity contribution is -0.153. The van der Waals surface area contributed by atoms with Crippen molar-refractivity contribution in [3.8, 4) is 0 Å². The van der Waals surface area contributed by atoms with Crippen LogP contribution in [0.15, 0.2) is 24.3 Å². The predicted octanol–water partition coefficient (Wildman–Crippen LogP) is 4.60. The van der Waals surface area contributed by atoms with E-state index in [0.717, 1.165) is 12.8 Å². The molecule has 1 heterocycles. The molecule has 0 saturated heterocycles. The van der Waals surface area contributed by atoms with E-state index in [1.807, 2.05) is 0 Å². The fourth-order valence-electron chi connectivity index (χ4n) is 4.41. The quantitative estimate of drug-likeness (QED) is 0.569. The average Bonchev–Trinajstić information content (AvgIpc) is 3.27. The van der Waals surface area contributed by atoms with Gasteiger partial charge in [0.1, 0.15) is 5.82 Å². The molecule has 0 unspecified atom stereocenters. The first-order valence-corrected chi connectivity index (χ1v) is 9.89. The maximum absolute atomic E-state index is 13.3. The monoisotopic (exact) mass is 399 g/mol. The largest absolute Gasteiger partial charge is 0.454 e. The van der Waals surface area contributed by atoms with Crippen molar-refractivity contribution in [1.82, 2.24) is 4.98 Å². The lowest BCUT2D eigenvalue weighted by atomic mass is 9.79. The number of ketones is 2. The average molecular weight is 399 g/mol. The summed E-state index contributed by atoms with van der Waals surface area (Å²) in [4.78, 5) is 40.8. The highest BCUT2D eigenvalue weighted by Crippen LogP contribution is 2.42. The summed E-state index contributed by atoms with van der Waals surface area (Å²) in [6.07, 6.45) is 1.94. The zero-order valence-corrected chi connectivity index (χ0v) is 17.2. The van der Waals surface area contributed by atoms with Gasteiger partial charge in [0, 0.05) is 11.3 Å². The van der Waals surface area contributed by atoms with Crippen LogP contribution in [0.1, 0.15) is 77.2 Å². The number of aryl methyl sites for hydroxylation is 1. The predicted molar refractivity (Wildman–Crippen MR) is 107 cm³/mol. The fourth-order valence-corrected chi connectivity index (χ4v) is 4.41. The molecule has 1 N–H and O–H groups in total. The summed E-state index contributed by atoms with van der Waals surface area (Å²) < 4.78 is 19.0. The van der Waals surface area contributed by atoms with Crippen LogP contribution in [0.3, 0.4) is 0 Å². The van der Waals surface area contributed by atoms with Gasteiger partial charge >= 0.3 is 5.97 Å². The molecule has 1 aliphatic rings. The summed E-state index contributed by atoms with van der Waals surface area (Å²) in [5.41, 5.74) is 1.83. The molecule has 29 heavy (non-hydrogen) atoms. The van der Waals surface area contributed by atoms with Crippen LogP contribution < -0.4 is 0 Å². The van der Waals surface area contributed by atoms with Crippen LogP contribution in [0.2, 0.25) is 0 Å². The lowest BCUT2D eigenvalue weighted by Crippen LogP contribution is -2.38. The van der Waals surface area contributed by atoms with Crippen LogP contribution in [0.4, 0.5) is 4.39 Å². The second kappa shape index (κ2) is 7.93. The van der Waals surface area contributed by atoms with Crippen LogP contribution >= 0.6 is 0 Å². The van der Waals surface area contributed by atoms with Crippen molar-refractivity contribution in [2.24, 2.45) is 0 Å². The van der Waals surface area contributed by atoms with Crippen molar-refractivity contribution in [3.05, 3.63) is 58.2 Å². The Morgan fingerprint density at radius 2 is 1.69 bits per heavy atom. The number of esters is 1. The molecule has 5 nitrogen and oxygen atoms in total. The smallest absolute Gasteiger partial charge is 0.317 e. The summed E-state index contributed by atoms with van der Waals surface area (Å²) in [7, 11) is 0. The first kappa shape index (κ1) is 21.0. The minimum Gasteiger partial charge on any atom is -0.454 e. The van der Waals surface area contributed by atoms with Crippen LogP contribution in [-0.2, 0) is 14.9 Å². The van der Waals surface area contributed by atoms with Gasteiger partial charge in [0.15, 0.2) is 11.9 Å². The van der Waals surface area contributed by atoms with Crippen molar-refractivity contribution in [1.29, 1.82) is 0 Å². The molecular formula is C23H26FNO4. The molecule has 1 fully saturated rings. The summed E-state index contributed by atoms with van der Waals surface area (Å²) >= 11 is 0. The van der Waals surface area contributed by atoms with E-state index in [4.69, 9.17) is 4.74 Å². The maximum atomic E-state index is 13.3. The van der Waals surface area contributed by atoms with E-state index in [0.29, 0.717) is 35.2 Å². The van der Waals surface area contributed by atoms with E-state index in [2.05, 4.69) is 4.98 Å². The zero-order valence-electron chi connectivity index (χ0n) is 17.2. The second-order valence-electron chi connectivity index (χ2n) is 7.89. The van der Waals surface area contributed by atoms with Crippen molar-refractivity contribution in [3.63, 3.8) is 0 Å². The number of halogens is 1. The number of rotatable bonds is 6. The second-order valence-corrected chi connectivity index (χ2v) is 7.89. The standard InChI is InChI=1S/C23H26FNO4/c1-13-19(15(3)26)14(2)25-20(13)21(27)16(4)29-22(28)23(11-5-6-12-23)17-7-9-18(24)10-8-17/h7-10,16,25H,5-6,11-12H2,1-4H3/t16-/m1/s1. The molecule has 0 amide bonds. The number of hydrogen-bond acceptors (Lipinski definition) is 4. The first-order chi connectivity index (χ1) is 13.7. The van der Waals surface area contributed by atoms with Gasteiger partial charge < -0.3 is 9.72 Å². The summed E-state index contributed by atoms with van der Waals surface area (Å²) in [6.45, 7) is 6.43. The first-order valence-electron chi connectivity index (χ1n) is 9.89. The normalized spacial score (nSPS) is 16.4. The number of carbonyl (C=O) groups excluding carboxylic acids is 3. The zero-order chi connectivity index (χ0) is 21.3. The molecule has 0 bridgehead atoms. The lowest BCUT2D eigenvalue weighted by Gasteiger charge is -2.28. The van der Waals surface area contributed by atoms with Gasteiger partial charge in [-0.1, -0.05) is 25.0 Å². The number of hydrogen-bond donors (Lipinski definition) is 1. The Bertz CT molecular complexity index is 952. The molecule has 0 radical (unpaired) electrons. The number of benzene rings is 1. The number of carbonyl (C=O) groups is 3. The Kier molecular flexibility index (Phi) is 5.73. The summed E-state index contributed by atoms with van der Waals surface area (Å²) in [6, 6.07) is 5.91. The Morgan fingerprint density at radius 1 is 1.10 bits per heavy atom. The molecule has 1 aromatic heterocycles. The van der Waals surface area contributed by atoms with Crippen molar-refractivity contribution < 1.29 is 23.5 Å². The Morgan fingerprint density at radius 3 is 2.21 bits per heavy atom. The molecule has 3 rings (SSSR count). The van der Waals surface area contributed by atoms with Gasteiger partial charge in [-0.05, 0) is 63.8 Å². The molecule has 154 valence electrons. The Hall–Kier alpha value is -2.76. The van der Waals surface area contributed by atoms with Crippen LogP contribution in [-0.4, -0.2) is 28.6 Å².